The predicted octanol–water partition coefficient (Wildman–Crippen LogP) is 3.42. The van der Waals surface area contributed by atoms with E-state index < -0.39 is 0 Å². The van der Waals surface area contributed by atoms with E-state index in [-0.39, 0.29) is 0 Å². The van der Waals surface area contributed by atoms with Crippen LogP contribution in [0.15, 0.2) is 4.52 Å². The van der Waals surface area contributed by atoms with E-state index in [1.54, 1.807) is 0 Å². The highest BCUT2D eigenvalue weighted by Crippen LogP contribution is 2.18. The smallest absolute Gasteiger partial charge is 0.228 e. The third-order valence-corrected chi connectivity index (χ3v) is 4.51. The summed E-state index contributed by atoms with van der Waals surface area (Å²) in [5, 5.41) is 8.21. The number of aromatic nitrogens is 2. The summed E-state index contributed by atoms with van der Waals surface area (Å²) in [6.07, 6.45) is 4.24. The molecule has 0 aliphatic heterocycles. The van der Waals surface area contributed by atoms with Gasteiger partial charge in [0.1, 0.15) is 0 Å². The number of thioether (sulfide) groups is 1. The fourth-order valence-corrected chi connectivity index (χ4v) is 2.47. The molecule has 0 fully saturated rings. The molecule has 110 valence electrons. The van der Waals surface area contributed by atoms with Gasteiger partial charge in [-0.2, -0.15) is 16.7 Å². The quantitative estimate of drug-likeness (QED) is 0.714. The minimum Gasteiger partial charge on any atom is -0.339 e. The number of rotatable bonds is 10. The van der Waals surface area contributed by atoms with Crippen molar-refractivity contribution in [3.63, 3.8) is 0 Å². The van der Waals surface area contributed by atoms with E-state index >= 15 is 0 Å². The molecule has 1 heterocycles. The highest BCUT2D eigenvalue weighted by molar-refractivity contribution is 7.99. The Hall–Kier alpha value is -0.550. The molecule has 5 heteroatoms. The molecule has 0 bridgehead atoms. The number of nitrogens with zero attached hydrogens (tertiary/aromatic N) is 2. The van der Waals surface area contributed by atoms with Crippen molar-refractivity contribution in [3.8, 4) is 0 Å². The lowest BCUT2D eigenvalue weighted by Crippen LogP contribution is -2.31. The van der Waals surface area contributed by atoms with Gasteiger partial charge in [-0.05, 0) is 25.8 Å². The largest absolute Gasteiger partial charge is 0.339 e. The standard InChI is InChI=1S/C14H27N3OS/c1-5-8-15-12(7-3)9-14-16-13(17-18-14)10-19-11(4)6-2/h11-12,15H,5-10H2,1-4H3. The third-order valence-electron chi connectivity index (χ3n) is 3.18. The second-order valence-electron chi connectivity index (χ2n) is 4.90. The van der Waals surface area contributed by atoms with Gasteiger partial charge in [0.25, 0.3) is 0 Å². The molecule has 1 rings (SSSR count). The Morgan fingerprint density at radius 1 is 1.26 bits per heavy atom. The second-order valence-corrected chi connectivity index (χ2v) is 6.32. The van der Waals surface area contributed by atoms with Crippen molar-refractivity contribution in [1.29, 1.82) is 0 Å². The minimum absolute atomic E-state index is 0.440. The number of hydrogen-bond acceptors (Lipinski definition) is 5. The lowest BCUT2D eigenvalue weighted by molar-refractivity contribution is 0.351. The Balaban J connectivity index is 2.40. The van der Waals surface area contributed by atoms with Gasteiger partial charge in [-0.1, -0.05) is 32.9 Å². The van der Waals surface area contributed by atoms with E-state index in [1.807, 2.05) is 11.8 Å². The first kappa shape index (κ1) is 16.5. The Labute approximate surface area is 121 Å². The van der Waals surface area contributed by atoms with Crippen molar-refractivity contribution in [2.75, 3.05) is 6.54 Å². The van der Waals surface area contributed by atoms with Crippen molar-refractivity contribution in [3.05, 3.63) is 11.7 Å². The van der Waals surface area contributed by atoms with Crippen LogP contribution in [-0.2, 0) is 12.2 Å². The predicted molar refractivity (Wildman–Crippen MR) is 81.4 cm³/mol. The normalized spacial score (nSPS) is 14.5. The molecule has 2 unspecified atom stereocenters. The summed E-state index contributed by atoms with van der Waals surface area (Å²) in [5.74, 6) is 2.43. The van der Waals surface area contributed by atoms with Gasteiger partial charge in [0.2, 0.25) is 5.89 Å². The molecule has 19 heavy (non-hydrogen) atoms. The van der Waals surface area contributed by atoms with Crippen LogP contribution in [0.4, 0.5) is 0 Å². The van der Waals surface area contributed by atoms with Gasteiger partial charge in [-0.3, -0.25) is 0 Å². The maximum atomic E-state index is 5.33. The zero-order chi connectivity index (χ0) is 14.1. The van der Waals surface area contributed by atoms with Crippen LogP contribution in [0.5, 0.6) is 0 Å². The Morgan fingerprint density at radius 3 is 2.68 bits per heavy atom. The van der Waals surface area contributed by atoms with E-state index in [0.29, 0.717) is 11.3 Å². The molecule has 0 spiro atoms. The molecule has 2 atom stereocenters. The molecule has 1 aromatic rings. The minimum atomic E-state index is 0.440. The average molecular weight is 285 g/mol. The maximum absolute atomic E-state index is 5.33. The summed E-state index contributed by atoms with van der Waals surface area (Å²) in [6, 6.07) is 0.440. The molecule has 0 radical (unpaired) electrons. The maximum Gasteiger partial charge on any atom is 0.228 e. The summed E-state index contributed by atoms with van der Waals surface area (Å²) in [6.45, 7) is 9.83. The molecule has 0 aliphatic rings. The lowest BCUT2D eigenvalue weighted by atomic mass is 10.1. The summed E-state index contributed by atoms with van der Waals surface area (Å²) in [4.78, 5) is 4.47. The molecule has 0 amide bonds. The van der Waals surface area contributed by atoms with Crippen LogP contribution in [0.3, 0.4) is 0 Å². The average Bonchev–Trinajstić information content (AvgIpc) is 2.88. The highest BCUT2D eigenvalue weighted by atomic mass is 32.2. The first-order chi connectivity index (χ1) is 9.19. The van der Waals surface area contributed by atoms with Crippen LogP contribution in [0.1, 0.15) is 58.7 Å². The molecule has 1 aromatic heterocycles. The van der Waals surface area contributed by atoms with Gasteiger partial charge in [0.15, 0.2) is 5.82 Å². The molecule has 0 saturated heterocycles. The molecular weight excluding hydrogens is 258 g/mol. The summed E-state index contributed by atoms with van der Waals surface area (Å²) in [7, 11) is 0. The van der Waals surface area contributed by atoms with Crippen LogP contribution in [0.2, 0.25) is 0 Å². The zero-order valence-corrected chi connectivity index (χ0v) is 13.4. The fraction of sp³-hybridized carbons (Fsp3) is 0.857. The van der Waals surface area contributed by atoms with Crippen LogP contribution in [-0.4, -0.2) is 28.0 Å². The Kier molecular flexibility index (Phi) is 8.14. The molecule has 0 aromatic carbocycles. The molecule has 1 N–H and O–H groups in total. The van der Waals surface area contributed by atoms with Gasteiger partial charge in [-0.15, -0.1) is 0 Å². The van der Waals surface area contributed by atoms with Gasteiger partial charge < -0.3 is 9.84 Å². The monoisotopic (exact) mass is 285 g/mol. The van der Waals surface area contributed by atoms with Crippen molar-refractivity contribution < 1.29 is 4.52 Å². The van der Waals surface area contributed by atoms with Crippen molar-refractivity contribution in [2.24, 2.45) is 0 Å². The first-order valence-corrected chi connectivity index (χ1v) is 8.40. The van der Waals surface area contributed by atoms with E-state index in [2.05, 4.69) is 43.2 Å². The third kappa shape index (κ3) is 6.43. The lowest BCUT2D eigenvalue weighted by Gasteiger charge is -2.13. The summed E-state index contributed by atoms with van der Waals surface area (Å²) >= 11 is 1.88. The van der Waals surface area contributed by atoms with Gasteiger partial charge in [-0.25, -0.2) is 0 Å². The molecule has 4 nitrogen and oxygen atoms in total. The summed E-state index contributed by atoms with van der Waals surface area (Å²) < 4.78 is 5.33. The Morgan fingerprint density at radius 2 is 2.05 bits per heavy atom. The zero-order valence-electron chi connectivity index (χ0n) is 12.6. The topological polar surface area (TPSA) is 51.0 Å². The second kappa shape index (κ2) is 9.37. The van der Waals surface area contributed by atoms with Gasteiger partial charge in [0, 0.05) is 17.7 Å². The van der Waals surface area contributed by atoms with E-state index in [9.17, 15) is 0 Å². The molecule has 0 aliphatic carbocycles. The SMILES string of the molecule is CCCNC(CC)Cc1nc(CSC(C)CC)no1. The van der Waals surface area contributed by atoms with Crippen molar-refractivity contribution in [1.82, 2.24) is 15.5 Å². The first-order valence-electron chi connectivity index (χ1n) is 7.35. The molecular formula is C14H27N3OS. The number of hydrogen-bond donors (Lipinski definition) is 1. The molecule has 0 saturated carbocycles. The summed E-state index contributed by atoms with van der Waals surface area (Å²) in [5.41, 5.74) is 0. The van der Waals surface area contributed by atoms with E-state index in [4.69, 9.17) is 4.52 Å². The number of nitrogens with one attached hydrogen (secondary N) is 1. The van der Waals surface area contributed by atoms with Gasteiger partial charge in [0.05, 0.1) is 5.75 Å². The van der Waals surface area contributed by atoms with Crippen LogP contribution in [0.25, 0.3) is 0 Å². The highest BCUT2D eigenvalue weighted by Gasteiger charge is 2.13. The van der Waals surface area contributed by atoms with Crippen LogP contribution in [0, 0.1) is 0 Å². The van der Waals surface area contributed by atoms with Crippen LogP contribution >= 0.6 is 11.8 Å². The fourth-order valence-electron chi connectivity index (χ4n) is 1.69. The van der Waals surface area contributed by atoms with E-state index in [0.717, 1.165) is 43.3 Å². The van der Waals surface area contributed by atoms with Gasteiger partial charge >= 0.3 is 0 Å². The Bertz CT molecular complexity index is 343. The van der Waals surface area contributed by atoms with Crippen molar-refractivity contribution in [2.45, 2.75) is 70.4 Å². The van der Waals surface area contributed by atoms with E-state index in [1.165, 1.54) is 6.42 Å². The van der Waals surface area contributed by atoms with Crippen molar-refractivity contribution >= 4 is 11.8 Å². The van der Waals surface area contributed by atoms with Crippen LogP contribution < -0.4 is 5.32 Å².